The monoisotopic (exact) mass is 597 g/mol. The Morgan fingerprint density at radius 2 is 1.76 bits per heavy atom. The average Bonchev–Trinajstić information content (AvgIpc) is 3.47. The quantitative estimate of drug-likeness (QED) is 0.166. The van der Waals surface area contributed by atoms with Crippen LogP contribution in [0.2, 0.25) is 0 Å². The predicted octanol–water partition coefficient (Wildman–Crippen LogP) is 3.85. The van der Waals surface area contributed by atoms with Crippen LogP contribution in [0, 0.1) is 11.8 Å². The Bertz CT molecular complexity index is 857. The van der Waals surface area contributed by atoms with Gasteiger partial charge in [0.05, 0.1) is 16.6 Å². The minimum atomic E-state index is -0.623. The lowest BCUT2D eigenvalue weighted by atomic mass is 9.70. The fourth-order valence-electron chi connectivity index (χ4n) is 6.40. The Hall–Kier alpha value is -1.32. The smallest absolute Gasteiger partial charge is 0.247 e. The number of alkyl halides is 1. The van der Waals surface area contributed by atoms with Crippen molar-refractivity contribution in [2.75, 3.05) is 39.3 Å². The number of aliphatic hydroxyl groups excluding tert-OH is 1. The van der Waals surface area contributed by atoms with Crippen LogP contribution in [0.25, 0.3) is 0 Å². The van der Waals surface area contributed by atoms with Crippen molar-refractivity contribution in [1.82, 2.24) is 14.7 Å². The molecule has 3 aliphatic rings. The third kappa shape index (κ3) is 5.83. The van der Waals surface area contributed by atoms with Crippen molar-refractivity contribution in [3.05, 3.63) is 25.3 Å². The molecule has 9 heteroatoms. The van der Waals surface area contributed by atoms with E-state index in [1.165, 1.54) is 0 Å². The highest BCUT2D eigenvalue weighted by Gasteiger charge is 2.75. The van der Waals surface area contributed by atoms with Crippen molar-refractivity contribution in [2.45, 2.75) is 79.7 Å². The maximum absolute atomic E-state index is 14.2. The topological polar surface area (TPSA) is 81.2 Å². The second kappa shape index (κ2) is 13.7. The highest BCUT2D eigenvalue weighted by molar-refractivity contribution is 9.09. The molecule has 3 unspecified atom stereocenters. The summed E-state index contributed by atoms with van der Waals surface area (Å²) in [6.45, 7) is 14.6. The largest absolute Gasteiger partial charge is 0.396 e. The number of nitrogens with zero attached hydrogens (tertiary/aromatic N) is 3. The SMILES string of the molecule is C=CCN(CCCC)C(=O)C1N(CCCCCO)C(=O)[C@@H]2[C@H](C(=O)N(CC=C)CCC)[C@H]3SC12CC3Br. The first-order chi connectivity index (χ1) is 17.8. The van der Waals surface area contributed by atoms with Gasteiger partial charge in [0.2, 0.25) is 17.7 Å². The van der Waals surface area contributed by atoms with Gasteiger partial charge < -0.3 is 19.8 Å². The van der Waals surface area contributed by atoms with Gasteiger partial charge in [0, 0.05) is 49.4 Å². The van der Waals surface area contributed by atoms with Crippen molar-refractivity contribution in [2.24, 2.45) is 11.8 Å². The molecule has 208 valence electrons. The summed E-state index contributed by atoms with van der Waals surface area (Å²) in [4.78, 5) is 47.9. The lowest BCUT2D eigenvalue weighted by Gasteiger charge is -2.38. The minimum Gasteiger partial charge on any atom is -0.396 e. The summed E-state index contributed by atoms with van der Waals surface area (Å²) >= 11 is 5.55. The number of carbonyl (C=O) groups is 3. The lowest BCUT2D eigenvalue weighted by molar-refractivity contribution is -0.144. The Kier molecular flexibility index (Phi) is 11.2. The standard InChI is InChI=1S/C28H44BrN3O4S/c1-5-9-16-31(15-8-4)27(36)24-28-19-20(29)23(37-28)21(25(34)30(13-6-2)14-7-3)22(28)26(35)32(24)17-11-10-12-18-33/h6,8,20-24,33H,2,4-5,7,9-19H2,1,3H3/t20?,21-,22-,23-,24?,28?/m0/s1. The van der Waals surface area contributed by atoms with Crippen LogP contribution in [-0.2, 0) is 14.4 Å². The van der Waals surface area contributed by atoms with Crippen LogP contribution < -0.4 is 0 Å². The summed E-state index contributed by atoms with van der Waals surface area (Å²) in [6.07, 6.45) is 9.05. The van der Waals surface area contributed by atoms with Crippen molar-refractivity contribution < 1.29 is 19.5 Å². The molecule has 3 amide bonds. The zero-order valence-corrected chi connectivity index (χ0v) is 24.9. The van der Waals surface area contributed by atoms with Gasteiger partial charge in [0.25, 0.3) is 0 Å². The first-order valence-corrected chi connectivity index (χ1v) is 15.6. The molecular formula is C28H44BrN3O4S. The van der Waals surface area contributed by atoms with E-state index in [1.54, 1.807) is 28.8 Å². The van der Waals surface area contributed by atoms with Gasteiger partial charge in [-0.2, -0.15) is 0 Å². The van der Waals surface area contributed by atoms with E-state index in [-0.39, 0.29) is 34.4 Å². The maximum Gasteiger partial charge on any atom is 0.247 e. The molecule has 0 aromatic heterocycles. The molecule has 0 aromatic carbocycles. The highest BCUT2D eigenvalue weighted by atomic mass is 79.9. The molecule has 3 rings (SSSR count). The molecule has 1 spiro atoms. The molecule has 0 aliphatic carbocycles. The predicted molar refractivity (Wildman–Crippen MR) is 154 cm³/mol. The normalized spacial score (nSPS) is 29.9. The first kappa shape index (κ1) is 30.2. The Labute approximate surface area is 235 Å². The maximum atomic E-state index is 14.2. The third-order valence-electron chi connectivity index (χ3n) is 7.96. The van der Waals surface area contributed by atoms with E-state index in [2.05, 4.69) is 36.0 Å². The summed E-state index contributed by atoms with van der Waals surface area (Å²) in [5.41, 5.74) is 0. The number of amides is 3. The summed E-state index contributed by atoms with van der Waals surface area (Å²) < 4.78 is -0.623. The van der Waals surface area contributed by atoms with E-state index < -0.39 is 22.6 Å². The molecule has 1 N–H and O–H groups in total. The summed E-state index contributed by atoms with van der Waals surface area (Å²) in [6, 6.07) is -0.595. The molecule has 0 aromatic rings. The van der Waals surface area contributed by atoms with Crippen LogP contribution in [0.5, 0.6) is 0 Å². The molecule has 0 saturated carbocycles. The second-order valence-corrected chi connectivity index (χ2v) is 13.2. The van der Waals surface area contributed by atoms with Gasteiger partial charge in [-0.3, -0.25) is 14.4 Å². The number of hydrogen-bond acceptors (Lipinski definition) is 5. The van der Waals surface area contributed by atoms with E-state index in [4.69, 9.17) is 0 Å². The van der Waals surface area contributed by atoms with Crippen molar-refractivity contribution >= 4 is 45.4 Å². The van der Waals surface area contributed by atoms with Gasteiger partial charge in [-0.1, -0.05) is 48.4 Å². The molecule has 3 heterocycles. The third-order valence-corrected chi connectivity index (χ3v) is 11.2. The van der Waals surface area contributed by atoms with Gasteiger partial charge in [-0.25, -0.2) is 0 Å². The summed E-state index contributed by atoms with van der Waals surface area (Å²) in [5, 5.41) is 9.20. The minimum absolute atomic E-state index is 0.00545. The van der Waals surface area contributed by atoms with Crippen molar-refractivity contribution in [1.29, 1.82) is 0 Å². The van der Waals surface area contributed by atoms with E-state index in [1.807, 2.05) is 16.7 Å². The number of aliphatic hydroxyl groups is 1. The lowest BCUT2D eigenvalue weighted by Crippen LogP contribution is -2.56. The zero-order valence-electron chi connectivity index (χ0n) is 22.4. The number of carbonyl (C=O) groups excluding carboxylic acids is 3. The van der Waals surface area contributed by atoms with E-state index in [0.717, 1.165) is 32.1 Å². The van der Waals surface area contributed by atoms with E-state index in [0.29, 0.717) is 45.6 Å². The number of hydrogen-bond donors (Lipinski definition) is 1. The fourth-order valence-corrected chi connectivity index (χ4v) is 10.00. The molecule has 2 bridgehead atoms. The number of rotatable bonds is 16. The van der Waals surface area contributed by atoms with E-state index >= 15 is 0 Å². The summed E-state index contributed by atoms with van der Waals surface area (Å²) in [5.74, 6) is -1.03. The van der Waals surface area contributed by atoms with Gasteiger partial charge >= 0.3 is 0 Å². The molecule has 0 radical (unpaired) electrons. The first-order valence-electron chi connectivity index (χ1n) is 13.8. The van der Waals surface area contributed by atoms with Crippen molar-refractivity contribution in [3.8, 4) is 0 Å². The summed E-state index contributed by atoms with van der Waals surface area (Å²) in [7, 11) is 0. The number of unbranched alkanes of at least 4 members (excludes halogenated alkanes) is 3. The van der Waals surface area contributed by atoms with Gasteiger partial charge in [-0.15, -0.1) is 24.9 Å². The van der Waals surface area contributed by atoms with Gasteiger partial charge in [-0.05, 0) is 38.5 Å². The van der Waals surface area contributed by atoms with Crippen LogP contribution in [-0.4, -0.2) is 97.7 Å². The van der Waals surface area contributed by atoms with Crippen LogP contribution in [0.4, 0.5) is 0 Å². The molecular weight excluding hydrogens is 554 g/mol. The highest BCUT2D eigenvalue weighted by Crippen LogP contribution is 2.68. The Morgan fingerprint density at radius 1 is 1.08 bits per heavy atom. The molecule has 37 heavy (non-hydrogen) atoms. The van der Waals surface area contributed by atoms with Gasteiger partial charge in [0.1, 0.15) is 6.04 Å². The molecule has 3 saturated heterocycles. The van der Waals surface area contributed by atoms with Crippen molar-refractivity contribution in [3.63, 3.8) is 0 Å². The Morgan fingerprint density at radius 3 is 2.35 bits per heavy atom. The number of likely N-dealkylation sites (tertiary alicyclic amines) is 1. The number of fused-ring (bicyclic) bond motifs is 1. The number of halogens is 1. The zero-order chi connectivity index (χ0) is 27.2. The van der Waals surface area contributed by atoms with Crippen LogP contribution >= 0.6 is 27.7 Å². The average molecular weight is 599 g/mol. The molecule has 3 aliphatic heterocycles. The van der Waals surface area contributed by atoms with Crippen LogP contribution in [0.3, 0.4) is 0 Å². The molecule has 7 nitrogen and oxygen atoms in total. The van der Waals surface area contributed by atoms with Gasteiger partial charge in [0.15, 0.2) is 0 Å². The fraction of sp³-hybridized carbons (Fsp3) is 0.750. The molecule has 3 fully saturated rings. The second-order valence-electron chi connectivity index (χ2n) is 10.5. The van der Waals surface area contributed by atoms with Crippen LogP contribution in [0.15, 0.2) is 25.3 Å². The number of thioether (sulfide) groups is 1. The molecule has 6 atom stereocenters. The van der Waals surface area contributed by atoms with E-state index in [9.17, 15) is 19.5 Å². The van der Waals surface area contributed by atoms with Crippen LogP contribution in [0.1, 0.15) is 58.8 Å². The Balaban J connectivity index is 2.01.